The molecule has 0 amide bonds. The van der Waals surface area contributed by atoms with Crippen molar-refractivity contribution in [3.05, 3.63) is 35.8 Å². The maximum absolute atomic E-state index is 11.2. The Morgan fingerprint density at radius 2 is 2.35 bits per heavy atom. The number of nitrogens with zero attached hydrogens (tertiary/aromatic N) is 3. The van der Waals surface area contributed by atoms with Crippen molar-refractivity contribution in [3.8, 4) is 0 Å². The van der Waals surface area contributed by atoms with Crippen molar-refractivity contribution in [2.45, 2.75) is 19.3 Å². The molecule has 5 heteroatoms. The molecule has 0 radical (unpaired) electrons. The van der Waals surface area contributed by atoms with Crippen molar-refractivity contribution in [2.24, 2.45) is 5.92 Å². The summed E-state index contributed by atoms with van der Waals surface area (Å²) in [5.41, 5.74) is 1.96. The molecule has 0 aromatic carbocycles. The number of carbonyl (C=O) groups is 1. The van der Waals surface area contributed by atoms with Gasteiger partial charge >= 0.3 is 5.97 Å². The molecule has 0 bridgehead atoms. The molecule has 0 saturated carbocycles. The van der Waals surface area contributed by atoms with Gasteiger partial charge in [0, 0.05) is 12.7 Å². The molecule has 20 heavy (non-hydrogen) atoms. The molecule has 0 aliphatic carbocycles. The topological polar surface area (TPSA) is 57.8 Å². The number of hydrogen-bond donors (Lipinski definition) is 1. The number of aromatic nitrogens is 2. The van der Waals surface area contributed by atoms with Gasteiger partial charge in [-0.3, -0.25) is 4.40 Å². The predicted molar refractivity (Wildman–Crippen MR) is 76.1 cm³/mol. The minimum Gasteiger partial charge on any atom is -0.477 e. The largest absolute Gasteiger partial charge is 0.477 e. The average Bonchev–Trinajstić information content (AvgIpc) is 2.80. The molecule has 1 aliphatic rings. The molecule has 1 aliphatic heterocycles. The summed E-state index contributed by atoms with van der Waals surface area (Å²) in [5.74, 6) is -0.302. The maximum atomic E-state index is 11.2. The number of carboxylic acid groups (broad SMARTS) is 1. The fourth-order valence-corrected chi connectivity index (χ4v) is 3.07. The number of carboxylic acids is 1. The number of fused-ring (bicyclic) bond motifs is 1. The highest BCUT2D eigenvalue weighted by Gasteiger charge is 2.19. The van der Waals surface area contributed by atoms with Crippen molar-refractivity contribution >= 4 is 11.6 Å². The van der Waals surface area contributed by atoms with Gasteiger partial charge in [-0.25, -0.2) is 9.78 Å². The summed E-state index contributed by atoms with van der Waals surface area (Å²) in [6.07, 6.45) is 5.25. The lowest BCUT2D eigenvalue weighted by molar-refractivity contribution is 0.0689. The molecule has 1 fully saturated rings. The van der Waals surface area contributed by atoms with Crippen LogP contribution in [0.2, 0.25) is 0 Å². The second kappa shape index (κ2) is 5.25. The first-order valence-electron chi connectivity index (χ1n) is 7.02. The van der Waals surface area contributed by atoms with Gasteiger partial charge < -0.3 is 10.0 Å². The standard InChI is InChI=1S/C15H19N3O2/c1-17-7-3-4-11(9-17)8-12-10-18-13(15(19)20)5-2-6-14(18)16-12/h2,5-6,10-11H,3-4,7-9H2,1H3,(H,19,20). The molecular formula is C15H19N3O2. The zero-order chi connectivity index (χ0) is 14.1. The molecule has 1 saturated heterocycles. The Labute approximate surface area is 117 Å². The van der Waals surface area contributed by atoms with Gasteiger partial charge in [-0.15, -0.1) is 0 Å². The van der Waals surface area contributed by atoms with Gasteiger partial charge in [-0.05, 0) is 50.9 Å². The number of rotatable bonds is 3. The van der Waals surface area contributed by atoms with E-state index in [0.717, 1.165) is 18.7 Å². The van der Waals surface area contributed by atoms with Crippen LogP contribution in [0, 0.1) is 5.92 Å². The fraction of sp³-hybridized carbons (Fsp3) is 0.467. The second-order valence-corrected chi connectivity index (χ2v) is 5.65. The van der Waals surface area contributed by atoms with Crippen LogP contribution in [0.3, 0.4) is 0 Å². The summed E-state index contributed by atoms with van der Waals surface area (Å²) in [4.78, 5) is 18.1. The predicted octanol–water partition coefficient (Wildman–Crippen LogP) is 1.92. The molecule has 2 aromatic heterocycles. The van der Waals surface area contributed by atoms with Crippen LogP contribution in [0.25, 0.3) is 5.65 Å². The number of likely N-dealkylation sites (tertiary alicyclic amines) is 1. The normalized spacial score (nSPS) is 20.4. The summed E-state index contributed by atoms with van der Waals surface area (Å²) in [7, 11) is 2.15. The number of imidazole rings is 1. The molecule has 1 atom stereocenters. The van der Waals surface area contributed by atoms with Crippen LogP contribution in [0.5, 0.6) is 0 Å². The van der Waals surface area contributed by atoms with E-state index in [2.05, 4.69) is 16.9 Å². The summed E-state index contributed by atoms with van der Waals surface area (Å²) in [6.45, 7) is 2.27. The summed E-state index contributed by atoms with van der Waals surface area (Å²) in [6, 6.07) is 5.20. The Kier molecular flexibility index (Phi) is 3.44. The lowest BCUT2D eigenvalue weighted by atomic mass is 9.94. The number of hydrogen-bond acceptors (Lipinski definition) is 3. The van der Waals surface area contributed by atoms with Crippen LogP contribution in [-0.2, 0) is 6.42 Å². The highest BCUT2D eigenvalue weighted by atomic mass is 16.4. The van der Waals surface area contributed by atoms with E-state index in [0.29, 0.717) is 11.6 Å². The van der Waals surface area contributed by atoms with E-state index in [1.54, 1.807) is 16.5 Å². The van der Waals surface area contributed by atoms with Crippen LogP contribution in [0.15, 0.2) is 24.4 Å². The zero-order valence-corrected chi connectivity index (χ0v) is 11.6. The minimum absolute atomic E-state index is 0.266. The van der Waals surface area contributed by atoms with E-state index in [1.165, 1.54) is 19.4 Å². The summed E-state index contributed by atoms with van der Waals surface area (Å²) >= 11 is 0. The van der Waals surface area contributed by atoms with Crippen LogP contribution >= 0.6 is 0 Å². The second-order valence-electron chi connectivity index (χ2n) is 5.65. The SMILES string of the molecule is CN1CCCC(Cc2cn3c(C(=O)O)cccc3n2)C1. The smallest absolute Gasteiger partial charge is 0.352 e. The molecule has 2 aromatic rings. The fourth-order valence-electron chi connectivity index (χ4n) is 3.07. The first-order chi connectivity index (χ1) is 9.63. The molecule has 5 nitrogen and oxygen atoms in total. The molecule has 106 valence electrons. The van der Waals surface area contributed by atoms with Gasteiger partial charge in [-0.2, -0.15) is 0 Å². The van der Waals surface area contributed by atoms with E-state index in [4.69, 9.17) is 0 Å². The molecule has 1 N–H and O–H groups in total. The van der Waals surface area contributed by atoms with Gasteiger partial charge in [0.2, 0.25) is 0 Å². The minimum atomic E-state index is -0.919. The maximum Gasteiger partial charge on any atom is 0.352 e. The first kappa shape index (κ1) is 13.1. The van der Waals surface area contributed by atoms with Crippen molar-refractivity contribution < 1.29 is 9.90 Å². The third-order valence-corrected chi connectivity index (χ3v) is 3.98. The van der Waals surface area contributed by atoms with E-state index < -0.39 is 5.97 Å². The lowest BCUT2D eigenvalue weighted by Crippen LogP contribution is -2.33. The third kappa shape index (κ3) is 2.54. The summed E-state index contributed by atoms with van der Waals surface area (Å²) < 4.78 is 1.67. The van der Waals surface area contributed by atoms with Crippen molar-refractivity contribution in [1.82, 2.24) is 14.3 Å². The average molecular weight is 273 g/mol. The van der Waals surface area contributed by atoms with Crippen molar-refractivity contribution in [1.29, 1.82) is 0 Å². The van der Waals surface area contributed by atoms with Gasteiger partial charge in [0.05, 0.1) is 5.69 Å². The van der Waals surface area contributed by atoms with E-state index in [9.17, 15) is 9.90 Å². The van der Waals surface area contributed by atoms with Crippen LogP contribution in [-0.4, -0.2) is 45.5 Å². The number of pyridine rings is 1. The Morgan fingerprint density at radius 1 is 1.50 bits per heavy atom. The molecule has 3 heterocycles. The first-order valence-corrected chi connectivity index (χ1v) is 7.02. The van der Waals surface area contributed by atoms with Crippen LogP contribution < -0.4 is 0 Å². The quantitative estimate of drug-likeness (QED) is 0.928. The Hall–Kier alpha value is -1.88. The van der Waals surface area contributed by atoms with Crippen LogP contribution in [0.4, 0.5) is 0 Å². The molecular weight excluding hydrogens is 254 g/mol. The lowest BCUT2D eigenvalue weighted by Gasteiger charge is -2.29. The van der Waals surface area contributed by atoms with Crippen molar-refractivity contribution in [3.63, 3.8) is 0 Å². The highest BCUT2D eigenvalue weighted by molar-refractivity contribution is 5.86. The Balaban J connectivity index is 1.85. The Bertz CT molecular complexity index is 635. The highest BCUT2D eigenvalue weighted by Crippen LogP contribution is 2.20. The van der Waals surface area contributed by atoms with E-state index in [-0.39, 0.29) is 5.69 Å². The number of aromatic carboxylic acids is 1. The van der Waals surface area contributed by atoms with Gasteiger partial charge in [-0.1, -0.05) is 6.07 Å². The molecule has 0 spiro atoms. The Morgan fingerprint density at radius 3 is 3.10 bits per heavy atom. The third-order valence-electron chi connectivity index (χ3n) is 3.98. The van der Waals surface area contributed by atoms with Gasteiger partial charge in [0.1, 0.15) is 11.3 Å². The summed E-state index contributed by atoms with van der Waals surface area (Å²) in [5, 5.41) is 9.19. The van der Waals surface area contributed by atoms with Crippen LogP contribution in [0.1, 0.15) is 29.0 Å². The molecule has 3 rings (SSSR count). The number of piperidine rings is 1. The zero-order valence-electron chi connectivity index (χ0n) is 11.6. The molecule has 1 unspecified atom stereocenters. The van der Waals surface area contributed by atoms with Crippen molar-refractivity contribution in [2.75, 3.05) is 20.1 Å². The van der Waals surface area contributed by atoms with E-state index >= 15 is 0 Å². The van der Waals surface area contributed by atoms with Gasteiger partial charge in [0.15, 0.2) is 0 Å². The monoisotopic (exact) mass is 273 g/mol. The van der Waals surface area contributed by atoms with Gasteiger partial charge in [0.25, 0.3) is 0 Å². The van der Waals surface area contributed by atoms with E-state index in [1.807, 2.05) is 12.3 Å².